The maximum absolute atomic E-state index is 12.3. The van der Waals surface area contributed by atoms with Crippen LogP contribution in [0.1, 0.15) is 20.8 Å². The Hall–Kier alpha value is -2.08. The zero-order valence-electron chi connectivity index (χ0n) is 12.0. The highest BCUT2D eigenvalue weighted by Gasteiger charge is 2.17. The van der Waals surface area contributed by atoms with Gasteiger partial charge in [0.2, 0.25) is 0 Å². The first-order chi connectivity index (χ1) is 9.38. The summed E-state index contributed by atoms with van der Waals surface area (Å²) in [6, 6.07) is 5.93. The number of rotatable bonds is 3. The number of nitrogens with zero attached hydrogens (tertiary/aromatic N) is 2. The number of hydrogen-bond acceptors (Lipinski definition) is 5. The molecule has 0 atom stereocenters. The standard InChI is InChI=1S/C14H18N4OS/c1-8-5-6-9(2)10(7-8)16-13(19)11-12(15)17-14(20-11)18(3)4/h5-7H,15H2,1-4H3,(H,16,19). The predicted octanol–water partition coefficient (Wildman–Crippen LogP) is 2.66. The van der Waals surface area contributed by atoms with Crippen LogP contribution in [0.4, 0.5) is 16.6 Å². The number of anilines is 3. The normalized spacial score (nSPS) is 10.4. The summed E-state index contributed by atoms with van der Waals surface area (Å²) in [5.74, 6) is 0.0447. The molecule has 5 nitrogen and oxygen atoms in total. The van der Waals surface area contributed by atoms with Crippen molar-refractivity contribution in [2.75, 3.05) is 30.0 Å². The fraction of sp³-hybridized carbons (Fsp3) is 0.286. The Morgan fingerprint density at radius 3 is 2.65 bits per heavy atom. The maximum atomic E-state index is 12.3. The van der Waals surface area contributed by atoms with E-state index in [0.29, 0.717) is 10.0 Å². The van der Waals surface area contributed by atoms with Crippen LogP contribution in [0.15, 0.2) is 18.2 Å². The Labute approximate surface area is 122 Å². The minimum Gasteiger partial charge on any atom is -0.382 e. The van der Waals surface area contributed by atoms with E-state index in [1.165, 1.54) is 11.3 Å². The number of amides is 1. The quantitative estimate of drug-likeness (QED) is 0.911. The fourth-order valence-corrected chi connectivity index (χ4v) is 2.53. The van der Waals surface area contributed by atoms with E-state index in [-0.39, 0.29) is 11.7 Å². The highest BCUT2D eigenvalue weighted by atomic mass is 32.1. The van der Waals surface area contributed by atoms with E-state index in [1.54, 1.807) is 0 Å². The molecule has 1 amide bonds. The number of carbonyl (C=O) groups excluding carboxylic acids is 1. The summed E-state index contributed by atoms with van der Waals surface area (Å²) in [5.41, 5.74) is 8.72. The Bertz CT molecular complexity index is 649. The molecule has 20 heavy (non-hydrogen) atoms. The van der Waals surface area contributed by atoms with E-state index in [0.717, 1.165) is 16.8 Å². The molecule has 3 N–H and O–H groups in total. The van der Waals surface area contributed by atoms with E-state index in [1.807, 2.05) is 51.0 Å². The molecule has 1 heterocycles. The predicted molar refractivity (Wildman–Crippen MR) is 84.7 cm³/mol. The van der Waals surface area contributed by atoms with Crippen LogP contribution < -0.4 is 16.0 Å². The molecule has 6 heteroatoms. The second-order valence-electron chi connectivity index (χ2n) is 4.88. The average Bonchev–Trinajstić information content (AvgIpc) is 2.76. The van der Waals surface area contributed by atoms with Crippen molar-refractivity contribution < 1.29 is 4.79 Å². The number of nitrogens with two attached hydrogens (primary N) is 1. The highest BCUT2D eigenvalue weighted by molar-refractivity contribution is 7.18. The Kier molecular flexibility index (Phi) is 3.94. The van der Waals surface area contributed by atoms with Gasteiger partial charge >= 0.3 is 0 Å². The first-order valence-electron chi connectivity index (χ1n) is 6.20. The number of carbonyl (C=O) groups is 1. The molecule has 0 aliphatic carbocycles. The van der Waals surface area contributed by atoms with Crippen molar-refractivity contribution in [3.63, 3.8) is 0 Å². The fourth-order valence-electron chi connectivity index (χ4n) is 1.72. The molecular weight excluding hydrogens is 272 g/mol. The minimum atomic E-state index is -0.221. The minimum absolute atomic E-state index is 0.221. The van der Waals surface area contributed by atoms with E-state index < -0.39 is 0 Å². The molecular formula is C14H18N4OS. The first kappa shape index (κ1) is 14.3. The third-order valence-corrected chi connectivity index (χ3v) is 4.11. The zero-order chi connectivity index (χ0) is 14.9. The van der Waals surface area contributed by atoms with Gasteiger partial charge in [-0.15, -0.1) is 0 Å². The van der Waals surface area contributed by atoms with Crippen LogP contribution in [-0.2, 0) is 0 Å². The lowest BCUT2D eigenvalue weighted by Gasteiger charge is -2.08. The van der Waals surface area contributed by atoms with Crippen LogP contribution in [0.2, 0.25) is 0 Å². The number of hydrogen-bond donors (Lipinski definition) is 2. The van der Waals surface area contributed by atoms with Crippen LogP contribution >= 0.6 is 11.3 Å². The maximum Gasteiger partial charge on any atom is 0.269 e. The number of benzene rings is 1. The van der Waals surface area contributed by atoms with Crippen molar-refractivity contribution >= 4 is 33.9 Å². The topological polar surface area (TPSA) is 71.2 Å². The lowest BCUT2D eigenvalue weighted by Crippen LogP contribution is -2.13. The molecule has 0 saturated heterocycles. The van der Waals surface area contributed by atoms with Gasteiger partial charge in [0.05, 0.1) is 0 Å². The van der Waals surface area contributed by atoms with Crippen molar-refractivity contribution in [1.82, 2.24) is 4.98 Å². The summed E-state index contributed by atoms with van der Waals surface area (Å²) in [5, 5.41) is 3.61. The van der Waals surface area contributed by atoms with Crippen LogP contribution in [0.25, 0.3) is 0 Å². The van der Waals surface area contributed by atoms with Crippen LogP contribution in [0.3, 0.4) is 0 Å². The van der Waals surface area contributed by atoms with E-state index >= 15 is 0 Å². The van der Waals surface area contributed by atoms with Crippen LogP contribution in [0.5, 0.6) is 0 Å². The first-order valence-corrected chi connectivity index (χ1v) is 7.02. The van der Waals surface area contributed by atoms with Crippen molar-refractivity contribution in [1.29, 1.82) is 0 Å². The van der Waals surface area contributed by atoms with Crippen molar-refractivity contribution in [2.24, 2.45) is 0 Å². The summed E-state index contributed by atoms with van der Waals surface area (Å²) >= 11 is 1.28. The molecule has 0 aliphatic rings. The summed E-state index contributed by atoms with van der Waals surface area (Å²) in [6.45, 7) is 3.94. The Morgan fingerprint density at radius 1 is 1.35 bits per heavy atom. The Morgan fingerprint density at radius 2 is 2.05 bits per heavy atom. The van der Waals surface area contributed by atoms with Crippen LogP contribution in [-0.4, -0.2) is 25.0 Å². The monoisotopic (exact) mass is 290 g/mol. The third kappa shape index (κ3) is 2.91. The number of nitrogens with one attached hydrogen (secondary N) is 1. The summed E-state index contributed by atoms with van der Waals surface area (Å²) in [6.07, 6.45) is 0. The molecule has 1 aromatic carbocycles. The molecule has 0 saturated carbocycles. The summed E-state index contributed by atoms with van der Waals surface area (Å²) in [4.78, 5) is 18.7. The van der Waals surface area contributed by atoms with Gasteiger partial charge in [0.1, 0.15) is 10.7 Å². The van der Waals surface area contributed by atoms with Gasteiger partial charge in [-0.05, 0) is 31.0 Å². The summed E-state index contributed by atoms with van der Waals surface area (Å²) in [7, 11) is 3.73. The molecule has 0 radical (unpaired) electrons. The molecule has 0 unspecified atom stereocenters. The molecule has 0 aliphatic heterocycles. The van der Waals surface area contributed by atoms with Crippen molar-refractivity contribution in [3.05, 3.63) is 34.2 Å². The van der Waals surface area contributed by atoms with Gasteiger partial charge in [-0.3, -0.25) is 4.79 Å². The molecule has 106 valence electrons. The van der Waals surface area contributed by atoms with Gasteiger partial charge in [0.25, 0.3) is 5.91 Å². The number of aromatic nitrogens is 1. The van der Waals surface area contributed by atoms with Gasteiger partial charge < -0.3 is 16.0 Å². The highest BCUT2D eigenvalue weighted by Crippen LogP contribution is 2.28. The van der Waals surface area contributed by atoms with Crippen LogP contribution in [0, 0.1) is 13.8 Å². The van der Waals surface area contributed by atoms with Gasteiger partial charge in [-0.2, -0.15) is 0 Å². The summed E-state index contributed by atoms with van der Waals surface area (Å²) < 4.78 is 0. The van der Waals surface area contributed by atoms with Crippen molar-refractivity contribution in [2.45, 2.75) is 13.8 Å². The van der Waals surface area contributed by atoms with E-state index in [4.69, 9.17) is 5.73 Å². The SMILES string of the molecule is Cc1ccc(C)c(NC(=O)c2sc(N(C)C)nc2N)c1. The lowest BCUT2D eigenvalue weighted by molar-refractivity contribution is 0.103. The van der Waals surface area contributed by atoms with Crippen molar-refractivity contribution in [3.8, 4) is 0 Å². The molecule has 1 aromatic heterocycles. The number of aryl methyl sites for hydroxylation is 2. The second kappa shape index (κ2) is 5.50. The number of nitrogen functional groups attached to an aromatic ring is 1. The van der Waals surface area contributed by atoms with E-state index in [9.17, 15) is 4.79 Å². The van der Waals surface area contributed by atoms with Gasteiger partial charge in [-0.1, -0.05) is 23.5 Å². The van der Waals surface area contributed by atoms with Gasteiger partial charge in [0, 0.05) is 19.8 Å². The van der Waals surface area contributed by atoms with Gasteiger partial charge in [-0.25, -0.2) is 4.98 Å². The van der Waals surface area contributed by atoms with Gasteiger partial charge in [0.15, 0.2) is 5.13 Å². The Balaban J connectivity index is 2.26. The van der Waals surface area contributed by atoms with E-state index in [2.05, 4.69) is 10.3 Å². The zero-order valence-corrected chi connectivity index (χ0v) is 12.8. The largest absolute Gasteiger partial charge is 0.382 e. The molecule has 0 fully saturated rings. The molecule has 2 rings (SSSR count). The number of thiazole rings is 1. The smallest absolute Gasteiger partial charge is 0.269 e. The molecule has 0 bridgehead atoms. The molecule has 0 spiro atoms. The molecule has 2 aromatic rings. The second-order valence-corrected chi connectivity index (χ2v) is 5.86. The third-order valence-electron chi connectivity index (χ3n) is 2.87. The lowest BCUT2D eigenvalue weighted by atomic mass is 10.1. The average molecular weight is 290 g/mol.